The van der Waals surface area contributed by atoms with Crippen LogP contribution in [0.3, 0.4) is 0 Å². The van der Waals surface area contributed by atoms with Gasteiger partial charge in [-0.15, -0.1) is 11.3 Å². The van der Waals surface area contributed by atoms with Gasteiger partial charge in [0.1, 0.15) is 0 Å². The zero-order valence-corrected chi connectivity index (χ0v) is 11.5. The summed E-state index contributed by atoms with van der Waals surface area (Å²) in [7, 11) is 4.35. The summed E-state index contributed by atoms with van der Waals surface area (Å²) in [5.74, 6) is 0. The van der Waals surface area contributed by atoms with E-state index in [4.69, 9.17) is 5.73 Å². The molecule has 0 spiro atoms. The van der Waals surface area contributed by atoms with Crippen molar-refractivity contribution in [2.24, 2.45) is 5.73 Å². The number of thiazole rings is 1. The first-order chi connectivity index (χ1) is 8.16. The molecule has 2 rings (SSSR count). The Morgan fingerprint density at radius 2 is 2.47 bits per heavy atom. The zero-order valence-electron chi connectivity index (χ0n) is 10.7. The summed E-state index contributed by atoms with van der Waals surface area (Å²) in [5, 5.41) is 2.12. The molecule has 2 heterocycles. The van der Waals surface area contributed by atoms with E-state index in [-0.39, 0.29) is 5.54 Å². The summed E-state index contributed by atoms with van der Waals surface area (Å²) in [6.07, 6.45) is 2.42. The molecule has 1 aromatic heterocycles. The van der Waals surface area contributed by atoms with Crippen LogP contribution in [-0.4, -0.2) is 54.1 Å². The molecule has 2 N–H and O–H groups in total. The Morgan fingerprint density at radius 1 is 1.65 bits per heavy atom. The average molecular weight is 254 g/mol. The molecule has 0 bridgehead atoms. The monoisotopic (exact) mass is 254 g/mol. The second-order valence-electron chi connectivity index (χ2n) is 5.11. The molecule has 17 heavy (non-hydrogen) atoms. The van der Waals surface area contributed by atoms with Crippen LogP contribution in [0, 0.1) is 0 Å². The molecule has 4 nitrogen and oxygen atoms in total. The molecule has 1 atom stereocenters. The van der Waals surface area contributed by atoms with Gasteiger partial charge in [-0.05, 0) is 33.5 Å². The molecule has 0 radical (unpaired) electrons. The van der Waals surface area contributed by atoms with Gasteiger partial charge in [0.25, 0.3) is 0 Å². The lowest BCUT2D eigenvalue weighted by Crippen LogP contribution is -2.60. The van der Waals surface area contributed by atoms with E-state index in [9.17, 15) is 0 Å². The maximum absolute atomic E-state index is 6.04. The highest BCUT2D eigenvalue weighted by atomic mass is 32.1. The highest BCUT2D eigenvalue weighted by Crippen LogP contribution is 2.26. The standard InChI is InChI=1S/C12H22N4S/c1-15-5-3-4-12(8-13,9-15)16(2)6-11-7-17-10-14-11/h7,10H,3-6,8-9,13H2,1-2H3. The second kappa shape index (κ2) is 5.44. The number of nitrogens with zero attached hydrogens (tertiary/aromatic N) is 3. The van der Waals surface area contributed by atoms with Gasteiger partial charge in [-0.25, -0.2) is 4.98 Å². The fourth-order valence-corrected chi connectivity index (χ4v) is 3.25. The molecule has 1 aromatic rings. The number of rotatable bonds is 4. The third-order valence-electron chi connectivity index (χ3n) is 3.82. The number of hydrogen-bond donors (Lipinski definition) is 1. The lowest BCUT2D eigenvalue weighted by molar-refractivity contribution is 0.0389. The predicted molar refractivity (Wildman–Crippen MR) is 72.1 cm³/mol. The van der Waals surface area contributed by atoms with E-state index in [1.807, 2.05) is 5.51 Å². The van der Waals surface area contributed by atoms with Crippen LogP contribution in [0.25, 0.3) is 0 Å². The van der Waals surface area contributed by atoms with Crippen LogP contribution in [-0.2, 0) is 6.54 Å². The van der Waals surface area contributed by atoms with Crippen molar-refractivity contribution in [2.75, 3.05) is 33.7 Å². The second-order valence-corrected chi connectivity index (χ2v) is 5.82. The van der Waals surface area contributed by atoms with Crippen LogP contribution >= 0.6 is 11.3 Å². The van der Waals surface area contributed by atoms with Gasteiger partial charge in [0, 0.05) is 30.6 Å². The molecule has 1 fully saturated rings. The minimum atomic E-state index is 0.122. The molecule has 1 unspecified atom stereocenters. The number of hydrogen-bond acceptors (Lipinski definition) is 5. The van der Waals surface area contributed by atoms with Gasteiger partial charge >= 0.3 is 0 Å². The van der Waals surface area contributed by atoms with E-state index >= 15 is 0 Å². The van der Waals surface area contributed by atoms with Crippen LogP contribution in [0.5, 0.6) is 0 Å². The molecule has 0 saturated carbocycles. The fraction of sp³-hybridized carbons (Fsp3) is 0.750. The summed E-state index contributed by atoms with van der Waals surface area (Å²) in [6, 6.07) is 0. The number of piperidine rings is 1. The quantitative estimate of drug-likeness (QED) is 0.870. The zero-order chi connectivity index (χ0) is 12.3. The lowest BCUT2D eigenvalue weighted by atomic mass is 9.87. The first-order valence-corrected chi connectivity index (χ1v) is 7.07. The molecule has 5 heteroatoms. The highest BCUT2D eigenvalue weighted by molar-refractivity contribution is 7.07. The summed E-state index contributed by atoms with van der Waals surface area (Å²) in [4.78, 5) is 9.13. The molecular weight excluding hydrogens is 232 g/mol. The largest absolute Gasteiger partial charge is 0.329 e. The van der Waals surface area contributed by atoms with Crippen molar-refractivity contribution >= 4 is 11.3 Å². The Morgan fingerprint density at radius 3 is 3.06 bits per heavy atom. The molecular formula is C12H22N4S. The van der Waals surface area contributed by atoms with Crippen molar-refractivity contribution in [1.82, 2.24) is 14.8 Å². The topological polar surface area (TPSA) is 45.4 Å². The number of nitrogens with two attached hydrogens (primary N) is 1. The Hall–Kier alpha value is -0.490. The molecule has 0 aliphatic carbocycles. The van der Waals surface area contributed by atoms with Crippen molar-refractivity contribution in [3.05, 3.63) is 16.6 Å². The number of likely N-dealkylation sites (N-methyl/N-ethyl adjacent to an activating group) is 2. The van der Waals surface area contributed by atoms with Crippen molar-refractivity contribution in [2.45, 2.75) is 24.9 Å². The normalized spacial score (nSPS) is 26.6. The minimum absolute atomic E-state index is 0.122. The Bertz CT molecular complexity index is 340. The molecule has 0 amide bonds. The Balaban J connectivity index is 2.06. The van der Waals surface area contributed by atoms with Gasteiger partial charge in [0.05, 0.1) is 11.2 Å². The smallest absolute Gasteiger partial charge is 0.0795 e. The van der Waals surface area contributed by atoms with Crippen LogP contribution in [0.4, 0.5) is 0 Å². The molecule has 0 aromatic carbocycles. The lowest BCUT2D eigenvalue weighted by Gasteiger charge is -2.46. The average Bonchev–Trinajstić information content (AvgIpc) is 2.81. The van der Waals surface area contributed by atoms with Gasteiger partial charge in [-0.1, -0.05) is 0 Å². The third kappa shape index (κ3) is 2.85. The van der Waals surface area contributed by atoms with Crippen LogP contribution < -0.4 is 5.73 Å². The predicted octanol–water partition coefficient (Wildman–Crippen LogP) is 0.998. The summed E-state index contributed by atoms with van der Waals surface area (Å²) in [6.45, 7) is 3.86. The maximum Gasteiger partial charge on any atom is 0.0795 e. The maximum atomic E-state index is 6.04. The summed E-state index contributed by atoms with van der Waals surface area (Å²) >= 11 is 1.66. The van der Waals surface area contributed by atoms with Crippen molar-refractivity contribution < 1.29 is 0 Å². The van der Waals surface area contributed by atoms with Crippen LogP contribution in [0.15, 0.2) is 10.9 Å². The van der Waals surface area contributed by atoms with Crippen molar-refractivity contribution in [3.63, 3.8) is 0 Å². The third-order valence-corrected chi connectivity index (χ3v) is 4.45. The molecule has 1 aliphatic heterocycles. The van der Waals surface area contributed by atoms with E-state index in [1.54, 1.807) is 11.3 Å². The van der Waals surface area contributed by atoms with Crippen molar-refractivity contribution in [1.29, 1.82) is 0 Å². The van der Waals surface area contributed by atoms with Gasteiger partial charge in [-0.2, -0.15) is 0 Å². The van der Waals surface area contributed by atoms with Crippen LogP contribution in [0.2, 0.25) is 0 Å². The first-order valence-electron chi connectivity index (χ1n) is 6.13. The Labute approximate surface area is 107 Å². The van der Waals surface area contributed by atoms with E-state index in [0.717, 1.165) is 25.3 Å². The van der Waals surface area contributed by atoms with E-state index in [2.05, 4.69) is 34.3 Å². The first kappa shape index (κ1) is 13.0. The molecule has 96 valence electrons. The number of likely N-dealkylation sites (tertiary alicyclic amines) is 1. The number of aromatic nitrogens is 1. The summed E-state index contributed by atoms with van der Waals surface area (Å²) in [5.41, 5.74) is 9.21. The van der Waals surface area contributed by atoms with Gasteiger partial charge < -0.3 is 10.6 Å². The summed E-state index contributed by atoms with van der Waals surface area (Å²) < 4.78 is 0. The van der Waals surface area contributed by atoms with Crippen molar-refractivity contribution in [3.8, 4) is 0 Å². The highest BCUT2D eigenvalue weighted by Gasteiger charge is 2.36. The van der Waals surface area contributed by atoms with E-state index in [0.29, 0.717) is 0 Å². The van der Waals surface area contributed by atoms with Gasteiger partial charge in [-0.3, -0.25) is 4.90 Å². The fourth-order valence-electron chi connectivity index (χ4n) is 2.70. The molecule has 1 aliphatic rings. The SMILES string of the molecule is CN1CCCC(CN)(N(C)Cc2cscn2)C1. The molecule has 1 saturated heterocycles. The minimum Gasteiger partial charge on any atom is -0.329 e. The Kier molecular flexibility index (Phi) is 4.14. The van der Waals surface area contributed by atoms with E-state index < -0.39 is 0 Å². The van der Waals surface area contributed by atoms with Crippen LogP contribution in [0.1, 0.15) is 18.5 Å². The van der Waals surface area contributed by atoms with Gasteiger partial charge in [0.15, 0.2) is 0 Å². The van der Waals surface area contributed by atoms with E-state index in [1.165, 1.54) is 19.4 Å². The van der Waals surface area contributed by atoms with Gasteiger partial charge in [0.2, 0.25) is 0 Å².